The largest absolute Gasteiger partial charge is 0.481 e. The third-order valence-corrected chi connectivity index (χ3v) is 3.51. The molecule has 6 heteroatoms. The number of hydrogen-bond acceptors (Lipinski definition) is 2. The molecule has 2 N–H and O–H groups in total. The van der Waals surface area contributed by atoms with Gasteiger partial charge in [-0.2, -0.15) is 0 Å². The van der Waals surface area contributed by atoms with Gasteiger partial charge in [-0.1, -0.05) is 20.8 Å². The summed E-state index contributed by atoms with van der Waals surface area (Å²) in [4.78, 5) is 23.2. The minimum atomic E-state index is -0.939. The molecular weight excluding hydrogens is 341 g/mol. The van der Waals surface area contributed by atoms with Gasteiger partial charge in [0.05, 0.1) is 10.4 Å². The lowest BCUT2D eigenvalue weighted by atomic mass is 9.84. The minimum absolute atomic E-state index is 0.0421. The smallest absolute Gasteiger partial charge is 0.308 e. The molecule has 1 aromatic rings. The van der Waals surface area contributed by atoms with Crippen LogP contribution in [-0.2, 0) is 4.79 Å². The zero-order valence-corrected chi connectivity index (χ0v) is 13.8. The number of nitrogens with one attached hydrogen (secondary N) is 1. The zero-order chi connectivity index (χ0) is 16.2. The second-order valence-electron chi connectivity index (χ2n) is 6.14. The van der Waals surface area contributed by atoms with E-state index in [1.807, 2.05) is 20.8 Å². The maximum absolute atomic E-state index is 13.1. The van der Waals surface area contributed by atoms with Crippen LogP contribution >= 0.6 is 15.9 Å². The van der Waals surface area contributed by atoms with E-state index >= 15 is 0 Å². The van der Waals surface area contributed by atoms with E-state index in [9.17, 15) is 19.1 Å². The molecule has 0 saturated heterocycles. The van der Waals surface area contributed by atoms with Crippen molar-refractivity contribution in [3.8, 4) is 0 Å². The number of carbonyl (C=O) groups is 2. The highest BCUT2D eigenvalue weighted by atomic mass is 79.9. The van der Waals surface area contributed by atoms with Crippen LogP contribution in [0.4, 0.5) is 4.39 Å². The minimum Gasteiger partial charge on any atom is -0.481 e. The lowest BCUT2D eigenvalue weighted by molar-refractivity contribution is -0.142. The van der Waals surface area contributed by atoms with E-state index in [1.165, 1.54) is 18.2 Å². The normalized spacial score (nSPS) is 12.8. The maximum atomic E-state index is 13.1. The first-order chi connectivity index (χ1) is 9.60. The van der Waals surface area contributed by atoms with Crippen LogP contribution in [0.25, 0.3) is 0 Å². The van der Waals surface area contributed by atoms with Gasteiger partial charge in [-0.3, -0.25) is 9.59 Å². The van der Waals surface area contributed by atoms with Crippen molar-refractivity contribution < 1.29 is 19.1 Å². The Bertz CT molecular complexity index is 540. The van der Waals surface area contributed by atoms with E-state index < -0.39 is 23.6 Å². The van der Waals surface area contributed by atoms with Gasteiger partial charge in [0.15, 0.2) is 0 Å². The summed E-state index contributed by atoms with van der Waals surface area (Å²) >= 11 is 3.01. The molecule has 0 aromatic heterocycles. The average Bonchev–Trinajstić information content (AvgIpc) is 2.35. The first-order valence-corrected chi connectivity index (χ1v) is 7.35. The molecule has 1 unspecified atom stereocenters. The lowest BCUT2D eigenvalue weighted by Gasteiger charge is -2.23. The molecule has 0 heterocycles. The van der Waals surface area contributed by atoms with Crippen molar-refractivity contribution in [3.63, 3.8) is 0 Å². The highest BCUT2D eigenvalue weighted by Gasteiger charge is 2.25. The molecule has 1 amide bonds. The summed E-state index contributed by atoms with van der Waals surface area (Å²) in [6.07, 6.45) is 0.454. The van der Waals surface area contributed by atoms with Gasteiger partial charge < -0.3 is 10.4 Å². The Morgan fingerprint density at radius 3 is 2.48 bits per heavy atom. The van der Waals surface area contributed by atoms with E-state index in [0.29, 0.717) is 6.42 Å². The van der Waals surface area contributed by atoms with Crippen LogP contribution in [0.1, 0.15) is 37.6 Å². The Morgan fingerprint density at radius 2 is 2.00 bits per heavy atom. The standard InChI is InChI=1S/C15H19BrFNO3/c1-15(2,3)7-10(14(20)21)8-18-13(19)9-4-5-12(17)11(16)6-9/h4-6,10H,7-8H2,1-3H3,(H,18,19)(H,20,21). The van der Waals surface area contributed by atoms with Gasteiger partial charge in [0.1, 0.15) is 5.82 Å². The Balaban J connectivity index is 2.69. The van der Waals surface area contributed by atoms with Crippen LogP contribution in [-0.4, -0.2) is 23.5 Å². The molecular formula is C15H19BrFNO3. The number of carboxylic acids is 1. The number of rotatable bonds is 5. The zero-order valence-electron chi connectivity index (χ0n) is 12.2. The number of aliphatic carboxylic acids is 1. The Labute approximate surface area is 131 Å². The number of halogens is 2. The molecule has 0 aliphatic heterocycles. The van der Waals surface area contributed by atoms with Crippen LogP contribution in [0, 0.1) is 17.2 Å². The molecule has 1 rings (SSSR count). The van der Waals surface area contributed by atoms with Crippen molar-refractivity contribution in [2.24, 2.45) is 11.3 Å². The summed E-state index contributed by atoms with van der Waals surface area (Å²) in [6, 6.07) is 3.90. The van der Waals surface area contributed by atoms with E-state index in [-0.39, 0.29) is 22.0 Å². The fourth-order valence-corrected chi connectivity index (χ4v) is 2.32. The fourth-order valence-electron chi connectivity index (χ4n) is 1.94. The molecule has 116 valence electrons. The quantitative estimate of drug-likeness (QED) is 0.845. The Morgan fingerprint density at radius 1 is 1.38 bits per heavy atom. The van der Waals surface area contributed by atoms with Gasteiger partial charge in [-0.05, 0) is 46.0 Å². The maximum Gasteiger partial charge on any atom is 0.308 e. The van der Waals surface area contributed by atoms with E-state index in [0.717, 1.165) is 0 Å². The molecule has 0 bridgehead atoms. The first-order valence-electron chi connectivity index (χ1n) is 6.56. The third kappa shape index (κ3) is 5.83. The number of hydrogen-bond donors (Lipinski definition) is 2. The number of amides is 1. The molecule has 1 atom stereocenters. The van der Waals surface area contributed by atoms with E-state index in [4.69, 9.17) is 0 Å². The molecule has 0 spiro atoms. The molecule has 0 radical (unpaired) electrons. The SMILES string of the molecule is CC(C)(C)CC(CNC(=O)c1ccc(F)c(Br)c1)C(=O)O. The van der Waals surface area contributed by atoms with Gasteiger partial charge in [0.2, 0.25) is 0 Å². The molecule has 0 saturated carbocycles. The molecule has 0 aliphatic carbocycles. The molecule has 1 aromatic carbocycles. The molecule has 0 fully saturated rings. The van der Waals surface area contributed by atoms with E-state index in [1.54, 1.807) is 0 Å². The summed E-state index contributed by atoms with van der Waals surface area (Å²) < 4.78 is 13.3. The fraction of sp³-hybridized carbons (Fsp3) is 0.467. The summed E-state index contributed by atoms with van der Waals surface area (Å²) in [5, 5.41) is 11.8. The van der Waals surface area contributed by atoms with E-state index in [2.05, 4.69) is 21.2 Å². The monoisotopic (exact) mass is 359 g/mol. The van der Waals surface area contributed by atoms with Crippen molar-refractivity contribution >= 4 is 27.8 Å². The van der Waals surface area contributed by atoms with Crippen molar-refractivity contribution in [1.29, 1.82) is 0 Å². The van der Waals surface area contributed by atoms with Crippen molar-refractivity contribution in [2.45, 2.75) is 27.2 Å². The van der Waals surface area contributed by atoms with Crippen LogP contribution < -0.4 is 5.32 Å². The van der Waals surface area contributed by atoms with Gasteiger partial charge in [-0.15, -0.1) is 0 Å². The second kappa shape index (κ2) is 7.02. The lowest BCUT2D eigenvalue weighted by Crippen LogP contribution is -2.35. The van der Waals surface area contributed by atoms with Gasteiger partial charge in [-0.25, -0.2) is 4.39 Å². The summed E-state index contributed by atoms with van der Waals surface area (Å²) in [5.41, 5.74) is 0.135. The highest BCUT2D eigenvalue weighted by molar-refractivity contribution is 9.10. The van der Waals surface area contributed by atoms with Crippen LogP contribution in [0.5, 0.6) is 0 Å². The predicted octanol–water partition coefficient (Wildman–Crippen LogP) is 3.46. The first kappa shape index (κ1) is 17.6. The van der Waals surface area contributed by atoms with Crippen LogP contribution in [0.15, 0.2) is 22.7 Å². The van der Waals surface area contributed by atoms with Crippen molar-refractivity contribution in [1.82, 2.24) is 5.32 Å². The number of benzene rings is 1. The number of carboxylic acid groups (broad SMARTS) is 1. The average molecular weight is 360 g/mol. The predicted molar refractivity (Wildman–Crippen MR) is 81.6 cm³/mol. The third-order valence-electron chi connectivity index (χ3n) is 2.90. The van der Waals surface area contributed by atoms with Gasteiger partial charge in [0.25, 0.3) is 5.91 Å². The molecule has 0 aliphatic rings. The van der Waals surface area contributed by atoms with Crippen molar-refractivity contribution in [3.05, 3.63) is 34.1 Å². The summed E-state index contributed by atoms with van der Waals surface area (Å²) in [5.74, 6) is -2.47. The Hall–Kier alpha value is -1.43. The summed E-state index contributed by atoms with van der Waals surface area (Å²) in [6.45, 7) is 5.88. The Kier molecular flexibility index (Phi) is 5.89. The molecule has 21 heavy (non-hydrogen) atoms. The number of carbonyl (C=O) groups excluding carboxylic acids is 1. The van der Waals surface area contributed by atoms with Gasteiger partial charge in [0, 0.05) is 12.1 Å². The topological polar surface area (TPSA) is 66.4 Å². The second-order valence-corrected chi connectivity index (χ2v) is 6.99. The van der Waals surface area contributed by atoms with Crippen LogP contribution in [0.3, 0.4) is 0 Å². The highest BCUT2D eigenvalue weighted by Crippen LogP contribution is 2.24. The van der Waals surface area contributed by atoms with Gasteiger partial charge >= 0.3 is 5.97 Å². The summed E-state index contributed by atoms with van der Waals surface area (Å²) in [7, 11) is 0. The van der Waals surface area contributed by atoms with Crippen molar-refractivity contribution in [2.75, 3.05) is 6.54 Å². The molecule has 4 nitrogen and oxygen atoms in total. The van der Waals surface area contributed by atoms with Crippen LogP contribution in [0.2, 0.25) is 0 Å².